The second-order valence-electron chi connectivity index (χ2n) is 5.72. The predicted molar refractivity (Wildman–Crippen MR) is 82.7 cm³/mol. The molecule has 0 unspecified atom stereocenters. The van der Waals surface area contributed by atoms with Gasteiger partial charge in [-0.25, -0.2) is 13.1 Å². The van der Waals surface area contributed by atoms with E-state index in [1.165, 1.54) is 0 Å². The van der Waals surface area contributed by atoms with Crippen molar-refractivity contribution in [1.29, 1.82) is 0 Å². The fourth-order valence-corrected chi connectivity index (χ4v) is 3.96. The molecule has 0 saturated carbocycles. The van der Waals surface area contributed by atoms with Crippen LogP contribution in [0.25, 0.3) is 0 Å². The predicted octanol–water partition coefficient (Wildman–Crippen LogP) is 0.620. The molecule has 1 N–H and O–H groups in total. The second kappa shape index (κ2) is 6.54. The van der Waals surface area contributed by atoms with Crippen LogP contribution in [0.5, 0.6) is 5.75 Å². The highest BCUT2D eigenvalue weighted by Gasteiger charge is 2.22. The normalized spacial score (nSPS) is 20.4. The maximum absolute atomic E-state index is 12.4. The van der Waals surface area contributed by atoms with E-state index in [2.05, 4.69) is 9.62 Å². The molecule has 2 aliphatic heterocycles. The Morgan fingerprint density at radius 1 is 1.27 bits per heavy atom. The van der Waals surface area contributed by atoms with Crippen molar-refractivity contribution >= 4 is 10.0 Å². The van der Waals surface area contributed by atoms with Crippen LogP contribution in [0.4, 0.5) is 0 Å². The third-order valence-electron chi connectivity index (χ3n) is 4.21. The number of ether oxygens (including phenoxy) is 2. The van der Waals surface area contributed by atoms with E-state index in [9.17, 15) is 8.42 Å². The summed E-state index contributed by atoms with van der Waals surface area (Å²) in [5.41, 5.74) is 0.962. The Morgan fingerprint density at radius 3 is 2.82 bits per heavy atom. The van der Waals surface area contributed by atoms with Crippen molar-refractivity contribution in [2.24, 2.45) is 0 Å². The maximum atomic E-state index is 12.4. The number of hydrogen-bond acceptors (Lipinski definition) is 5. The number of sulfonamides is 1. The number of hydrogen-bond donors (Lipinski definition) is 1. The van der Waals surface area contributed by atoms with Crippen LogP contribution in [-0.4, -0.2) is 58.8 Å². The van der Waals surface area contributed by atoms with E-state index in [0.29, 0.717) is 31.3 Å². The van der Waals surface area contributed by atoms with E-state index in [4.69, 9.17) is 9.47 Å². The Morgan fingerprint density at radius 2 is 2.05 bits per heavy atom. The topological polar surface area (TPSA) is 67.9 Å². The minimum atomic E-state index is -3.48. The van der Waals surface area contributed by atoms with Crippen molar-refractivity contribution in [3.8, 4) is 5.75 Å². The first-order valence-electron chi connectivity index (χ1n) is 7.63. The van der Waals surface area contributed by atoms with Gasteiger partial charge in [-0.15, -0.1) is 0 Å². The molecular formula is C15H22N2O4S. The molecule has 0 radical (unpaired) electrons. The van der Waals surface area contributed by atoms with Crippen molar-refractivity contribution < 1.29 is 17.9 Å². The number of nitrogens with one attached hydrogen (secondary N) is 1. The molecule has 2 aliphatic rings. The number of nitrogens with zero attached hydrogens (tertiary/aromatic N) is 1. The van der Waals surface area contributed by atoms with Crippen LogP contribution >= 0.6 is 0 Å². The van der Waals surface area contributed by atoms with Gasteiger partial charge in [-0.05, 0) is 30.7 Å². The first kappa shape index (κ1) is 15.7. The summed E-state index contributed by atoms with van der Waals surface area (Å²) in [6, 6.07) is 5.20. The summed E-state index contributed by atoms with van der Waals surface area (Å²) in [6.45, 7) is 6.17. The minimum absolute atomic E-state index is 0.149. The monoisotopic (exact) mass is 326 g/mol. The van der Waals surface area contributed by atoms with E-state index in [-0.39, 0.29) is 6.04 Å². The molecule has 1 saturated heterocycles. The Labute approximate surface area is 131 Å². The van der Waals surface area contributed by atoms with Crippen LogP contribution in [0.15, 0.2) is 23.1 Å². The van der Waals surface area contributed by atoms with Gasteiger partial charge in [0.2, 0.25) is 10.0 Å². The molecule has 2 heterocycles. The summed E-state index contributed by atoms with van der Waals surface area (Å²) in [6.07, 6.45) is 0.767. The van der Waals surface area contributed by atoms with E-state index in [1.807, 2.05) is 6.92 Å². The number of morpholine rings is 1. The van der Waals surface area contributed by atoms with Gasteiger partial charge in [0.1, 0.15) is 5.75 Å². The zero-order valence-electron chi connectivity index (χ0n) is 12.7. The van der Waals surface area contributed by atoms with E-state index < -0.39 is 10.0 Å². The third-order valence-corrected chi connectivity index (χ3v) is 5.63. The quantitative estimate of drug-likeness (QED) is 0.859. The SMILES string of the molecule is C[C@H](CNS(=O)(=O)c1ccc2c(c1)CCO2)N1CCOCC1. The summed E-state index contributed by atoms with van der Waals surface area (Å²) in [5.74, 6) is 0.792. The first-order chi connectivity index (χ1) is 10.6. The Hall–Kier alpha value is -1.15. The zero-order valence-corrected chi connectivity index (χ0v) is 13.6. The van der Waals surface area contributed by atoms with Crippen molar-refractivity contribution in [2.75, 3.05) is 39.5 Å². The molecule has 3 rings (SSSR count). The molecule has 0 aliphatic carbocycles. The van der Waals surface area contributed by atoms with Gasteiger partial charge in [0.25, 0.3) is 0 Å². The summed E-state index contributed by atoms with van der Waals surface area (Å²) in [5, 5.41) is 0. The number of rotatable bonds is 5. The molecule has 1 aromatic rings. The first-order valence-corrected chi connectivity index (χ1v) is 9.12. The molecule has 6 nitrogen and oxygen atoms in total. The van der Waals surface area contributed by atoms with Gasteiger partial charge in [-0.3, -0.25) is 4.90 Å². The van der Waals surface area contributed by atoms with E-state index >= 15 is 0 Å². The Kier molecular flexibility index (Phi) is 4.67. The van der Waals surface area contributed by atoms with Crippen LogP contribution < -0.4 is 9.46 Å². The minimum Gasteiger partial charge on any atom is -0.493 e. The molecule has 0 amide bonds. The van der Waals surface area contributed by atoms with Crippen LogP contribution in [0, 0.1) is 0 Å². The van der Waals surface area contributed by atoms with E-state index in [1.54, 1.807) is 18.2 Å². The van der Waals surface area contributed by atoms with Crippen LogP contribution in [-0.2, 0) is 21.2 Å². The fourth-order valence-electron chi connectivity index (χ4n) is 2.79. The molecule has 7 heteroatoms. The maximum Gasteiger partial charge on any atom is 0.240 e. The van der Waals surface area contributed by atoms with Gasteiger partial charge in [0.15, 0.2) is 0 Å². The molecule has 1 atom stereocenters. The smallest absolute Gasteiger partial charge is 0.240 e. The average Bonchev–Trinajstić information content (AvgIpc) is 3.01. The average molecular weight is 326 g/mol. The van der Waals surface area contributed by atoms with Gasteiger partial charge in [0, 0.05) is 32.1 Å². The summed E-state index contributed by atoms with van der Waals surface area (Å²) in [4.78, 5) is 2.55. The number of fused-ring (bicyclic) bond motifs is 1. The zero-order chi connectivity index (χ0) is 15.6. The summed E-state index contributed by atoms with van der Waals surface area (Å²) in [7, 11) is -3.48. The fraction of sp³-hybridized carbons (Fsp3) is 0.600. The van der Waals surface area contributed by atoms with Crippen LogP contribution in [0.2, 0.25) is 0 Å². The molecule has 1 aromatic carbocycles. The highest BCUT2D eigenvalue weighted by Crippen LogP contribution is 2.27. The third kappa shape index (κ3) is 3.43. The lowest BCUT2D eigenvalue weighted by Gasteiger charge is -2.32. The lowest BCUT2D eigenvalue weighted by molar-refractivity contribution is 0.0213. The van der Waals surface area contributed by atoms with Gasteiger partial charge in [0.05, 0.1) is 24.7 Å². The largest absolute Gasteiger partial charge is 0.493 e. The molecule has 0 aromatic heterocycles. The molecule has 22 heavy (non-hydrogen) atoms. The summed E-state index contributed by atoms with van der Waals surface area (Å²) >= 11 is 0. The van der Waals surface area contributed by atoms with Gasteiger partial charge < -0.3 is 9.47 Å². The van der Waals surface area contributed by atoms with Gasteiger partial charge in [-0.2, -0.15) is 0 Å². The molecular weight excluding hydrogens is 304 g/mol. The van der Waals surface area contributed by atoms with Crippen molar-refractivity contribution in [3.63, 3.8) is 0 Å². The second-order valence-corrected chi connectivity index (χ2v) is 7.48. The highest BCUT2D eigenvalue weighted by atomic mass is 32.2. The standard InChI is InChI=1S/C15H22N2O4S/c1-12(17-5-8-20-9-6-17)11-16-22(18,19)14-2-3-15-13(10-14)4-7-21-15/h2-3,10,12,16H,4-9,11H2,1H3/t12-/m1/s1. The number of benzene rings is 1. The molecule has 122 valence electrons. The van der Waals surface area contributed by atoms with Crippen LogP contribution in [0.3, 0.4) is 0 Å². The molecule has 0 bridgehead atoms. The van der Waals surface area contributed by atoms with Crippen molar-refractivity contribution in [1.82, 2.24) is 9.62 Å². The lowest BCUT2D eigenvalue weighted by Crippen LogP contribution is -2.47. The molecule has 1 fully saturated rings. The Balaban J connectivity index is 1.63. The highest BCUT2D eigenvalue weighted by molar-refractivity contribution is 7.89. The van der Waals surface area contributed by atoms with Gasteiger partial charge >= 0.3 is 0 Å². The van der Waals surface area contributed by atoms with Gasteiger partial charge in [-0.1, -0.05) is 0 Å². The van der Waals surface area contributed by atoms with Crippen molar-refractivity contribution in [2.45, 2.75) is 24.3 Å². The van der Waals surface area contributed by atoms with Crippen molar-refractivity contribution in [3.05, 3.63) is 23.8 Å². The molecule has 0 spiro atoms. The lowest BCUT2D eigenvalue weighted by atomic mass is 10.2. The summed E-state index contributed by atoms with van der Waals surface area (Å²) < 4.78 is 38.3. The Bertz CT molecular complexity index is 626. The van der Waals surface area contributed by atoms with Crippen LogP contribution in [0.1, 0.15) is 12.5 Å². The van der Waals surface area contributed by atoms with E-state index in [0.717, 1.165) is 30.8 Å².